The number of amides is 1. The van der Waals surface area contributed by atoms with Crippen LogP contribution in [0.4, 0.5) is 4.79 Å². The second kappa shape index (κ2) is 9.26. The molecule has 0 atom stereocenters. The third-order valence-electron chi connectivity index (χ3n) is 3.72. The highest BCUT2D eigenvalue weighted by atomic mass is 16.6. The van der Waals surface area contributed by atoms with Gasteiger partial charge in [0.1, 0.15) is 5.60 Å². The molecule has 21 heavy (non-hydrogen) atoms. The topological polar surface area (TPSA) is 70.6 Å². The van der Waals surface area contributed by atoms with E-state index in [9.17, 15) is 4.79 Å². The van der Waals surface area contributed by atoms with Crippen molar-refractivity contribution in [2.24, 2.45) is 0 Å². The summed E-state index contributed by atoms with van der Waals surface area (Å²) in [5, 5.41) is 15.3. The largest absolute Gasteiger partial charge is 0.444 e. The van der Waals surface area contributed by atoms with E-state index < -0.39 is 5.60 Å². The monoisotopic (exact) mass is 300 g/mol. The Kier molecular flexibility index (Phi) is 8.04. The van der Waals surface area contributed by atoms with Crippen molar-refractivity contribution in [2.75, 3.05) is 13.2 Å². The van der Waals surface area contributed by atoms with Crippen LogP contribution >= 0.6 is 0 Å². The summed E-state index contributed by atoms with van der Waals surface area (Å²) in [5.41, 5.74) is -0.433. The molecule has 1 rings (SSSR count). The summed E-state index contributed by atoms with van der Waals surface area (Å²) in [6, 6.07) is 0.808. The fraction of sp³-hybridized carbons (Fsp3) is 0.938. The molecule has 5 heteroatoms. The van der Waals surface area contributed by atoms with Crippen molar-refractivity contribution in [2.45, 2.75) is 83.4 Å². The van der Waals surface area contributed by atoms with E-state index in [4.69, 9.17) is 9.84 Å². The molecule has 0 spiro atoms. The number of unbranched alkanes of at least 4 members (excludes halogenated alkanes) is 2. The number of hydrogen-bond acceptors (Lipinski definition) is 4. The zero-order valence-electron chi connectivity index (χ0n) is 13.8. The summed E-state index contributed by atoms with van der Waals surface area (Å²) in [6.45, 7) is 6.95. The van der Waals surface area contributed by atoms with Crippen molar-refractivity contribution in [1.29, 1.82) is 0 Å². The first-order valence-electron chi connectivity index (χ1n) is 8.24. The van der Waals surface area contributed by atoms with Crippen LogP contribution < -0.4 is 10.6 Å². The molecule has 5 nitrogen and oxygen atoms in total. The second-order valence-corrected chi connectivity index (χ2v) is 6.93. The number of aliphatic hydroxyl groups excluding tert-OH is 1. The zero-order chi connectivity index (χ0) is 15.7. The van der Waals surface area contributed by atoms with Crippen LogP contribution in [0.3, 0.4) is 0 Å². The standard InChI is InChI=1S/C16H32N2O3/c1-16(2,3)21-15(20)18-14-9-7-13(8-10-14)17-11-5-4-6-12-19/h13-14,17,19H,4-12H2,1-3H3,(H,18,20). The lowest BCUT2D eigenvalue weighted by molar-refractivity contribution is 0.0490. The SMILES string of the molecule is CC(C)(C)OC(=O)NC1CCC(NCCCCCO)CC1. The van der Waals surface area contributed by atoms with Crippen LogP contribution in [-0.4, -0.2) is 42.0 Å². The third kappa shape index (κ3) is 8.94. The van der Waals surface area contributed by atoms with Gasteiger partial charge in [-0.15, -0.1) is 0 Å². The molecule has 124 valence electrons. The Morgan fingerprint density at radius 3 is 2.29 bits per heavy atom. The Morgan fingerprint density at radius 1 is 1.10 bits per heavy atom. The van der Waals surface area contributed by atoms with Crippen LogP contribution in [0.5, 0.6) is 0 Å². The smallest absolute Gasteiger partial charge is 0.407 e. The summed E-state index contributed by atoms with van der Waals surface area (Å²) in [4.78, 5) is 11.7. The van der Waals surface area contributed by atoms with Crippen molar-refractivity contribution < 1.29 is 14.6 Å². The minimum atomic E-state index is -0.433. The fourth-order valence-corrected chi connectivity index (χ4v) is 2.64. The van der Waals surface area contributed by atoms with Crippen LogP contribution in [0.1, 0.15) is 65.7 Å². The lowest BCUT2D eigenvalue weighted by Gasteiger charge is -2.30. The summed E-state index contributed by atoms with van der Waals surface area (Å²) in [6.07, 6.45) is 7.01. The number of alkyl carbamates (subject to hydrolysis) is 1. The van der Waals surface area contributed by atoms with Crippen molar-refractivity contribution in [3.63, 3.8) is 0 Å². The Balaban J connectivity index is 2.10. The molecular weight excluding hydrogens is 268 g/mol. The third-order valence-corrected chi connectivity index (χ3v) is 3.72. The minimum Gasteiger partial charge on any atom is -0.444 e. The predicted octanol–water partition coefficient (Wildman–Crippen LogP) is 2.57. The Bertz CT molecular complexity index is 294. The molecule has 0 aromatic carbocycles. The van der Waals surface area contributed by atoms with Gasteiger partial charge >= 0.3 is 6.09 Å². The van der Waals surface area contributed by atoms with E-state index in [0.717, 1.165) is 51.5 Å². The Labute approximate surface area is 128 Å². The molecule has 0 bridgehead atoms. The van der Waals surface area contributed by atoms with Gasteiger partial charge in [-0.25, -0.2) is 4.79 Å². The average molecular weight is 300 g/mol. The van der Waals surface area contributed by atoms with Crippen LogP contribution in [0, 0.1) is 0 Å². The maximum Gasteiger partial charge on any atom is 0.407 e. The van der Waals surface area contributed by atoms with Crippen molar-refractivity contribution in [1.82, 2.24) is 10.6 Å². The van der Waals surface area contributed by atoms with E-state index in [0.29, 0.717) is 12.6 Å². The van der Waals surface area contributed by atoms with E-state index in [1.165, 1.54) is 0 Å². The van der Waals surface area contributed by atoms with Gasteiger partial charge in [-0.2, -0.15) is 0 Å². The first kappa shape index (κ1) is 18.2. The molecule has 1 aliphatic carbocycles. The summed E-state index contributed by atoms with van der Waals surface area (Å²) in [7, 11) is 0. The molecule has 0 radical (unpaired) electrons. The van der Waals surface area contributed by atoms with E-state index in [1.807, 2.05) is 20.8 Å². The lowest BCUT2D eigenvalue weighted by atomic mass is 9.91. The fourth-order valence-electron chi connectivity index (χ4n) is 2.64. The molecule has 0 aromatic rings. The molecule has 0 heterocycles. The number of rotatable bonds is 7. The lowest BCUT2D eigenvalue weighted by Crippen LogP contribution is -2.44. The van der Waals surface area contributed by atoms with Crippen molar-refractivity contribution in [3.05, 3.63) is 0 Å². The average Bonchev–Trinajstić information content (AvgIpc) is 2.38. The number of aliphatic hydroxyl groups is 1. The van der Waals surface area contributed by atoms with Crippen molar-refractivity contribution in [3.8, 4) is 0 Å². The van der Waals surface area contributed by atoms with E-state index in [1.54, 1.807) is 0 Å². The van der Waals surface area contributed by atoms with E-state index in [2.05, 4.69) is 10.6 Å². The van der Waals surface area contributed by atoms with Crippen LogP contribution in [0.2, 0.25) is 0 Å². The first-order valence-corrected chi connectivity index (χ1v) is 8.24. The van der Waals surface area contributed by atoms with Gasteiger partial charge < -0.3 is 20.5 Å². The number of carbonyl (C=O) groups excluding carboxylic acids is 1. The van der Waals surface area contributed by atoms with Gasteiger partial charge in [0, 0.05) is 18.7 Å². The molecule has 1 fully saturated rings. The maximum absolute atomic E-state index is 11.7. The highest BCUT2D eigenvalue weighted by Gasteiger charge is 2.24. The first-order chi connectivity index (χ1) is 9.90. The van der Waals surface area contributed by atoms with Gasteiger partial charge in [-0.05, 0) is 72.3 Å². The second-order valence-electron chi connectivity index (χ2n) is 6.93. The van der Waals surface area contributed by atoms with Crippen molar-refractivity contribution >= 4 is 6.09 Å². The highest BCUT2D eigenvalue weighted by molar-refractivity contribution is 5.68. The molecular formula is C16H32N2O3. The normalized spacial score (nSPS) is 22.9. The van der Waals surface area contributed by atoms with Gasteiger partial charge in [0.2, 0.25) is 0 Å². The summed E-state index contributed by atoms with van der Waals surface area (Å²) >= 11 is 0. The van der Waals surface area contributed by atoms with Gasteiger partial charge in [0.25, 0.3) is 0 Å². The highest BCUT2D eigenvalue weighted by Crippen LogP contribution is 2.19. The minimum absolute atomic E-state index is 0.243. The zero-order valence-corrected chi connectivity index (χ0v) is 13.8. The number of nitrogens with one attached hydrogen (secondary N) is 2. The number of hydrogen-bond donors (Lipinski definition) is 3. The van der Waals surface area contributed by atoms with Gasteiger partial charge in [-0.3, -0.25) is 0 Å². The van der Waals surface area contributed by atoms with Crippen LogP contribution in [-0.2, 0) is 4.74 Å². The van der Waals surface area contributed by atoms with E-state index >= 15 is 0 Å². The molecule has 0 aliphatic heterocycles. The molecule has 1 saturated carbocycles. The molecule has 0 aromatic heterocycles. The van der Waals surface area contributed by atoms with Gasteiger partial charge in [0.05, 0.1) is 0 Å². The van der Waals surface area contributed by atoms with Crippen LogP contribution in [0.25, 0.3) is 0 Å². The van der Waals surface area contributed by atoms with E-state index in [-0.39, 0.29) is 12.1 Å². The Morgan fingerprint density at radius 2 is 1.71 bits per heavy atom. The molecule has 0 unspecified atom stereocenters. The summed E-state index contributed by atoms with van der Waals surface area (Å²) < 4.78 is 5.28. The number of ether oxygens (including phenoxy) is 1. The quantitative estimate of drug-likeness (QED) is 0.632. The molecule has 1 aliphatic rings. The number of carbonyl (C=O) groups is 1. The van der Waals surface area contributed by atoms with Crippen LogP contribution in [0.15, 0.2) is 0 Å². The summed E-state index contributed by atoms with van der Waals surface area (Å²) in [5.74, 6) is 0. The maximum atomic E-state index is 11.7. The molecule has 0 saturated heterocycles. The predicted molar refractivity (Wildman–Crippen MR) is 84.4 cm³/mol. The Hall–Kier alpha value is -0.810. The van der Waals surface area contributed by atoms with Gasteiger partial charge in [0.15, 0.2) is 0 Å². The molecule has 1 amide bonds. The van der Waals surface area contributed by atoms with Gasteiger partial charge in [-0.1, -0.05) is 0 Å². The molecule has 3 N–H and O–H groups in total.